The Bertz CT molecular complexity index is 1260. The van der Waals surface area contributed by atoms with Crippen molar-refractivity contribution in [2.75, 3.05) is 10.6 Å². The minimum Gasteiger partial charge on any atom is -0.353 e. The lowest BCUT2D eigenvalue weighted by atomic mass is 9.97. The third-order valence-electron chi connectivity index (χ3n) is 6.20. The van der Waals surface area contributed by atoms with Gasteiger partial charge in [-0.3, -0.25) is 0 Å². The molecule has 158 valence electrons. The number of benzene rings is 5. The molecule has 0 bridgehead atoms. The molecule has 0 saturated carbocycles. The van der Waals surface area contributed by atoms with Gasteiger partial charge >= 0.3 is 0 Å². The summed E-state index contributed by atoms with van der Waals surface area (Å²) in [6.45, 7) is 4.37. The van der Waals surface area contributed by atoms with Crippen molar-refractivity contribution in [3.63, 3.8) is 0 Å². The van der Waals surface area contributed by atoms with Crippen LogP contribution in [0, 0.1) is 0 Å². The Labute approximate surface area is 189 Å². The van der Waals surface area contributed by atoms with Crippen LogP contribution >= 0.6 is 0 Å². The minimum atomic E-state index is 1.04. The van der Waals surface area contributed by atoms with Crippen LogP contribution in [0.1, 0.15) is 25.0 Å². The highest BCUT2D eigenvalue weighted by molar-refractivity contribution is 6.21. The van der Waals surface area contributed by atoms with Gasteiger partial charge in [-0.15, -0.1) is 0 Å². The van der Waals surface area contributed by atoms with Gasteiger partial charge in [0.25, 0.3) is 0 Å². The van der Waals surface area contributed by atoms with Crippen LogP contribution in [0.25, 0.3) is 21.5 Å². The zero-order valence-corrected chi connectivity index (χ0v) is 18.7. The molecule has 0 heterocycles. The third-order valence-corrected chi connectivity index (χ3v) is 6.20. The fourth-order valence-corrected chi connectivity index (χ4v) is 4.34. The average Bonchev–Trinajstić information content (AvgIpc) is 2.87. The Kier molecular flexibility index (Phi) is 5.51. The molecule has 0 saturated heterocycles. The smallest absolute Gasteiger partial charge is 0.0709 e. The molecule has 0 aliphatic carbocycles. The van der Waals surface area contributed by atoms with Crippen LogP contribution in [0.15, 0.2) is 97.1 Å². The van der Waals surface area contributed by atoms with Gasteiger partial charge in [-0.05, 0) is 59.0 Å². The summed E-state index contributed by atoms with van der Waals surface area (Å²) in [6, 6.07) is 34.8. The van der Waals surface area contributed by atoms with E-state index in [0.717, 1.165) is 35.6 Å². The average molecular weight is 417 g/mol. The predicted octanol–water partition coefficient (Wildman–Crippen LogP) is 8.61. The highest BCUT2D eigenvalue weighted by atomic mass is 15.0. The molecule has 0 aliphatic rings. The third kappa shape index (κ3) is 3.80. The molecule has 0 radical (unpaired) electrons. The molecule has 5 aromatic rings. The zero-order chi connectivity index (χ0) is 21.9. The molecule has 0 atom stereocenters. The van der Waals surface area contributed by atoms with Crippen LogP contribution in [-0.2, 0) is 12.8 Å². The molecule has 0 amide bonds. The van der Waals surface area contributed by atoms with Crippen LogP contribution in [0.5, 0.6) is 0 Å². The number of aryl methyl sites for hydroxylation is 2. The van der Waals surface area contributed by atoms with Crippen LogP contribution in [0.3, 0.4) is 0 Å². The van der Waals surface area contributed by atoms with E-state index in [9.17, 15) is 0 Å². The largest absolute Gasteiger partial charge is 0.353 e. The number of nitrogens with one attached hydrogen (secondary N) is 2. The quantitative estimate of drug-likeness (QED) is 0.214. The fourth-order valence-electron chi connectivity index (χ4n) is 4.34. The Morgan fingerprint density at radius 1 is 0.438 bits per heavy atom. The second-order valence-electron chi connectivity index (χ2n) is 8.19. The number of rotatable bonds is 6. The van der Waals surface area contributed by atoms with Crippen LogP contribution in [0.2, 0.25) is 0 Å². The lowest BCUT2D eigenvalue weighted by molar-refractivity contribution is 1.14. The first-order valence-electron chi connectivity index (χ1n) is 11.4. The molecule has 0 fully saturated rings. The molecule has 0 unspecified atom stereocenters. The van der Waals surface area contributed by atoms with Crippen LogP contribution in [-0.4, -0.2) is 0 Å². The lowest BCUT2D eigenvalue weighted by Gasteiger charge is -2.20. The first-order chi connectivity index (χ1) is 15.8. The molecular formula is C30H28N2. The van der Waals surface area contributed by atoms with Gasteiger partial charge < -0.3 is 10.6 Å². The summed E-state index contributed by atoms with van der Waals surface area (Å²) in [4.78, 5) is 0. The van der Waals surface area contributed by atoms with Gasteiger partial charge in [-0.25, -0.2) is 0 Å². The topological polar surface area (TPSA) is 24.1 Å². The summed E-state index contributed by atoms with van der Waals surface area (Å²) >= 11 is 0. The van der Waals surface area contributed by atoms with Gasteiger partial charge in [0.15, 0.2) is 0 Å². The van der Waals surface area contributed by atoms with Gasteiger partial charge in [-0.2, -0.15) is 0 Å². The monoisotopic (exact) mass is 416 g/mol. The molecule has 2 nitrogen and oxygen atoms in total. The van der Waals surface area contributed by atoms with E-state index >= 15 is 0 Å². The van der Waals surface area contributed by atoms with Crippen molar-refractivity contribution < 1.29 is 0 Å². The summed E-state index contributed by atoms with van der Waals surface area (Å²) in [5.74, 6) is 0. The van der Waals surface area contributed by atoms with Gasteiger partial charge in [0, 0.05) is 22.1 Å². The van der Waals surface area contributed by atoms with E-state index in [2.05, 4.69) is 122 Å². The van der Waals surface area contributed by atoms with Crippen LogP contribution in [0.4, 0.5) is 22.7 Å². The summed E-state index contributed by atoms with van der Waals surface area (Å²) in [6.07, 6.45) is 2.08. The highest BCUT2D eigenvalue weighted by Crippen LogP contribution is 2.42. The van der Waals surface area contributed by atoms with E-state index in [4.69, 9.17) is 0 Å². The standard InChI is InChI=1S/C30H28N2/c1-3-21-13-17-23(18-14-21)31-29-27-11-7-5-9-25(27)26-10-6-8-12-28(26)30(29)32-24-19-15-22(4-2)16-20-24/h5-20,31-32H,3-4H2,1-2H3. The van der Waals surface area contributed by atoms with Gasteiger partial charge in [0.2, 0.25) is 0 Å². The van der Waals surface area contributed by atoms with Crippen molar-refractivity contribution in [2.45, 2.75) is 26.7 Å². The molecule has 2 heteroatoms. The molecular weight excluding hydrogens is 388 g/mol. The maximum atomic E-state index is 3.74. The van der Waals surface area contributed by atoms with Crippen molar-refractivity contribution in [1.29, 1.82) is 0 Å². The lowest BCUT2D eigenvalue weighted by Crippen LogP contribution is -2.00. The van der Waals surface area contributed by atoms with Crippen molar-refractivity contribution in [3.05, 3.63) is 108 Å². The second-order valence-corrected chi connectivity index (χ2v) is 8.19. The fraction of sp³-hybridized carbons (Fsp3) is 0.133. The van der Waals surface area contributed by atoms with Crippen molar-refractivity contribution in [1.82, 2.24) is 0 Å². The zero-order valence-electron chi connectivity index (χ0n) is 18.7. The molecule has 0 aromatic heterocycles. The van der Waals surface area contributed by atoms with Gasteiger partial charge in [-0.1, -0.05) is 86.6 Å². The van der Waals surface area contributed by atoms with E-state index in [0.29, 0.717) is 0 Å². The van der Waals surface area contributed by atoms with E-state index < -0.39 is 0 Å². The number of hydrogen-bond donors (Lipinski definition) is 2. The van der Waals surface area contributed by atoms with Gasteiger partial charge in [0.1, 0.15) is 0 Å². The summed E-state index contributed by atoms with van der Waals surface area (Å²) < 4.78 is 0. The first-order valence-corrected chi connectivity index (χ1v) is 11.4. The maximum absolute atomic E-state index is 3.74. The summed E-state index contributed by atoms with van der Waals surface area (Å²) in [5.41, 5.74) is 7.06. The molecule has 0 aliphatic heterocycles. The number of hydrogen-bond acceptors (Lipinski definition) is 2. The highest BCUT2D eigenvalue weighted by Gasteiger charge is 2.15. The second kappa shape index (κ2) is 8.76. The van der Waals surface area contributed by atoms with Gasteiger partial charge in [0.05, 0.1) is 11.4 Å². The van der Waals surface area contributed by atoms with Crippen molar-refractivity contribution in [3.8, 4) is 0 Å². The van der Waals surface area contributed by atoms with E-state index in [1.54, 1.807) is 0 Å². The summed E-state index contributed by atoms with van der Waals surface area (Å²) in [7, 11) is 0. The number of fused-ring (bicyclic) bond motifs is 3. The molecule has 32 heavy (non-hydrogen) atoms. The first kappa shape index (κ1) is 20.1. The molecule has 0 spiro atoms. The van der Waals surface area contributed by atoms with Crippen LogP contribution < -0.4 is 10.6 Å². The Morgan fingerprint density at radius 2 is 0.781 bits per heavy atom. The Morgan fingerprint density at radius 3 is 1.12 bits per heavy atom. The Hall–Kier alpha value is -3.78. The van der Waals surface area contributed by atoms with Crippen molar-refractivity contribution >= 4 is 44.3 Å². The maximum Gasteiger partial charge on any atom is 0.0709 e. The molecule has 2 N–H and O–H groups in total. The van der Waals surface area contributed by atoms with E-state index in [1.807, 2.05) is 0 Å². The predicted molar refractivity (Wildman–Crippen MR) is 140 cm³/mol. The van der Waals surface area contributed by atoms with E-state index in [-0.39, 0.29) is 0 Å². The normalized spacial score (nSPS) is 11.1. The summed E-state index contributed by atoms with van der Waals surface area (Å²) in [5, 5.41) is 12.4. The number of anilines is 4. The van der Waals surface area contributed by atoms with Crippen molar-refractivity contribution in [2.24, 2.45) is 0 Å². The minimum absolute atomic E-state index is 1.04. The molecule has 5 aromatic carbocycles. The Balaban J connectivity index is 1.71. The molecule has 5 rings (SSSR count). The van der Waals surface area contributed by atoms with E-state index in [1.165, 1.54) is 32.7 Å². The SMILES string of the molecule is CCc1ccc(Nc2c(Nc3ccc(CC)cc3)c3ccccc3c3ccccc23)cc1.